The molecule has 10 heavy (non-hydrogen) atoms. The van der Waals surface area contributed by atoms with Crippen molar-refractivity contribution in [2.75, 3.05) is 6.54 Å². The fourth-order valence-corrected chi connectivity index (χ4v) is 0.569. The zero-order valence-electron chi connectivity index (χ0n) is 6.72. The second-order valence-corrected chi connectivity index (χ2v) is 1.94. The summed E-state index contributed by atoms with van der Waals surface area (Å²) in [6.07, 6.45) is 7.87. The Labute approximate surface area is 63.1 Å². The first kappa shape index (κ1) is 9.02. The topological polar surface area (TPSA) is 12.0 Å². The minimum atomic E-state index is 0.930. The van der Waals surface area contributed by atoms with Crippen molar-refractivity contribution >= 4 is 0 Å². The van der Waals surface area contributed by atoms with Crippen molar-refractivity contribution in [2.24, 2.45) is 0 Å². The van der Waals surface area contributed by atoms with E-state index in [2.05, 4.69) is 18.8 Å². The van der Waals surface area contributed by atoms with Gasteiger partial charge >= 0.3 is 0 Å². The molecule has 0 unspecified atom stereocenters. The summed E-state index contributed by atoms with van der Waals surface area (Å²) in [7, 11) is 0. The summed E-state index contributed by atoms with van der Waals surface area (Å²) < 4.78 is 0. The van der Waals surface area contributed by atoms with Crippen molar-refractivity contribution in [1.82, 2.24) is 5.32 Å². The Hall–Kier alpha value is -0.980. The molecule has 56 valence electrons. The summed E-state index contributed by atoms with van der Waals surface area (Å²) in [5.74, 6) is 0. The van der Waals surface area contributed by atoms with E-state index in [-0.39, 0.29) is 0 Å². The molecule has 0 aromatic carbocycles. The molecule has 0 bridgehead atoms. The van der Waals surface area contributed by atoms with Crippen LogP contribution in [0.2, 0.25) is 0 Å². The molecule has 0 rings (SSSR count). The average Bonchev–Trinajstić information content (AvgIpc) is 1.89. The maximum atomic E-state index is 3.78. The van der Waals surface area contributed by atoms with Crippen LogP contribution in [0.1, 0.15) is 13.8 Å². The van der Waals surface area contributed by atoms with Gasteiger partial charge in [-0.25, -0.2) is 0 Å². The van der Waals surface area contributed by atoms with Gasteiger partial charge in [-0.1, -0.05) is 24.8 Å². The van der Waals surface area contributed by atoms with Gasteiger partial charge in [-0.05, 0) is 19.9 Å². The predicted molar refractivity (Wildman–Crippen MR) is 46.8 cm³/mol. The third kappa shape index (κ3) is 5.16. The molecule has 0 aromatic heterocycles. The second kappa shape index (κ2) is 6.14. The highest BCUT2D eigenvalue weighted by Crippen LogP contribution is 1.86. The minimum Gasteiger partial charge on any atom is -0.386 e. The molecule has 0 heterocycles. The zero-order valence-corrected chi connectivity index (χ0v) is 6.72. The van der Waals surface area contributed by atoms with E-state index < -0.39 is 0 Å². The Balaban J connectivity index is 3.56. The number of hydrogen-bond donors (Lipinski definition) is 1. The van der Waals surface area contributed by atoms with Crippen LogP contribution in [0.3, 0.4) is 0 Å². The lowest BCUT2D eigenvalue weighted by molar-refractivity contribution is 0.883. The summed E-state index contributed by atoms with van der Waals surface area (Å²) in [6.45, 7) is 8.75. The SMILES string of the molecule is C=C(/C=C\C=C/C)NCC. The maximum absolute atomic E-state index is 3.78. The summed E-state index contributed by atoms with van der Waals surface area (Å²) in [6, 6.07) is 0. The molecule has 1 N–H and O–H groups in total. The largest absolute Gasteiger partial charge is 0.386 e. The van der Waals surface area contributed by atoms with Crippen LogP contribution >= 0.6 is 0 Å². The highest BCUT2D eigenvalue weighted by atomic mass is 14.8. The van der Waals surface area contributed by atoms with E-state index in [9.17, 15) is 0 Å². The molecule has 0 aromatic rings. The standard InChI is InChI=1S/C9H15N/c1-4-6-7-8-9(3)10-5-2/h4,6-8,10H,3,5H2,1-2H3/b6-4-,8-7-. The van der Waals surface area contributed by atoms with E-state index >= 15 is 0 Å². The number of allylic oxidation sites excluding steroid dienone is 4. The van der Waals surface area contributed by atoms with E-state index in [1.807, 2.05) is 31.2 Å². The minimum absolute atomic E-state index is 0.930. The maximum Gasteiger partial charge on any atom is 0.0266 e. The Bertz CT molecular complexity index is 143. The van der Waals surface area contributed by atoms with Crippen molar-refractivity contribution in [3.63, 3.8) is 0 Å². The Morgan fingerprint density at radius 3 is 2.70 bits per heavy atom. The molecule has 0 fully saturated rings. The first-order chi connectivity index (χ1) is 4.81. The van der Waals surface area contributed by atoms with Crippen molar-refractivity contribution in [3.8, 4) is 0 Å². The molecule has 0 radical (unpaired) electrons. The molecule has 0 aliphatic heterocycles. The fourth-order valence-electron chi connectivity index (χ4n) is 0.569. The normalized spacial score (nSPS) is 11.0. The summed E-state index contributed by atoms with van der Waals surface area (Å²) >= 11 is 0. The molecule has 0 amide bonds. The molecule has 1 nitrogen and oxygen atoms in total. The Morgan fingerprint density at radius 1 is 1.50 bits per heavy atom. The summed E-state index contributed by atoms with van der Waals surface area (Å²) in [4.78, 5) is 0. The molecule has 0 saturated carbocycles. The van der Waals surface area contributed by atoms with Crippen LogP contribution in [0.4, 0.5) is 0 Å². The summed E-state index contributed by atoms with van der Waals surface area (Å²) in [5, 5.41) is 3.09. The van der Waals surface area contributed by atoms with Crippen molar-refractivity contribution in [3.05, 3.63) is 36.6 Å². The van der Waals surface area contributed by atoms with Crippen molar-refractivity contribution in [2.45, 2.75) is 13.8 Å². The predicted octanol–water partition coefficient (Wildman–Crippen LogP) is 2.24. The van der Waals surface area contributed by atoms with Crippen molar-refractivity contribution in [1.29, 1.82) is 0 Å². The van der Waals surface area contributed by atoms with Crippen LogP contribution in [0.25, 0.3) is 0 Å². The van der Waals surface area contributed by atoms with Gasteiger partial charge in [0.2, 0.25) is 0 Å². The van der Waals surface area contributed by atoms with Gasteiger partial charge in [0, 0.05) is 12.2 Å². The monoisotopic (exact) mass is 137 g/mol. The summed E-state index contributed by atoms with van der Waals surface area (Å²) in [5.41, 5.74) is 0.959. The van der Waals surface area contributed by atoms with Gasteiger partial charge < -0.3 is 5.32 Å². The van der Waals surface area contributed by atoms with Crippen LogP contribution < -0.4 is 5.32 Å². The molecule has 0 aliphatic carbocycles. The van der Waals surface area contributed by atoms with Crippen LogP contribution in [0.15, 0.2) is 36.6 Å². The fraction of sp³-hybridized carbons (Fsp3) is 0.333. The second-order valence-electron chi connectivity index (χ2n) is 1.94. The zero-order chi connectivity index (χ0) is 7.82. The first-order valence-corrected chi connectivity index (χ1v) is 3.53. The Morgan fingerprint density at radius 2 is 2.20 bits per heavy atom. The molecule has 0 atom stereocenters. The highest BCUT2D eigenvalue weighted by Gasteiger charge is 1.78. The molecule has 0 aliphatic rings. The van der Waals surface area contributed by atoms with E-state index in [0.717, 1.165) is 12.2 Å². The van der Waals surface area contributed by atoms with Gasteiger partial charge in [0.1, 0.15) is 0 Å². The van der Waals surface area contributed by atoms with Gasteiger partial charge in [-0.3, -0.25) is 0 Å². The Kier molecular flexibility index (Phi) is 5.54. The lowest BCUT2D eigenvalue weighted by Gasteiger charge is -1.98. The molecule has 1 heteroatoms. The number of likely N-dealkylation sites (N-methyl/N-ethyl adjacent to an activating group) is 1. The lowest BCUT2D eigenvalue weighted by Crippen LogP contribution is -2.08. The average molecular weight is 137 g/mol. The molecule has 0 spiro atoms. The van der Waals surface area contributed by atoms with E-state index in [0.29, 0.717) is 0 Å². The van der Waals surface area contributed by atoms with Gasteiger partial charge in [0.25, 0.3) is 0 Å². The third-order valence-corrected chi connectivity index (χ3v) is 1.00. The number of hydrogen-bond acceptors (Lipinski definition) is 1. The van der Waals surface area contributed by atoms with E-state index in [4.69, 9.17) is 0 Å². The van der Waals surface area contributed by atoms with E-state index in [1.165, 1.54) is 0 Å². The van der Waals surface area contributed by atoms with Crippen LogP contribution in [0.5, 0.6) is 0 Å². The van der Waals surface area contributed by atoms with Crippen LogP contribution in [0, 0.1) is 0 Å². The van der Waals surface area contributed by atoms with Crippen LogP contribution in [-0.2, 0) is 0 Å². The van der Waals surface area contributed by atoms with Gasteiger partial charge in [-0.2, -0.15) is 0 Å². The van der Waals surface area contributed by atoms with Gasteiger partial charge in [0.15, 0.2) is 0 Å². The van der Waals surface area contributed by atoms with Crippen molar-refractivity contribution < 1.29 is 0 Å². The van der Waals surface area contributed by atoms with E-state index in [1.54, 1.807) is 0 Å². The third-order valence-electron chi connectivity index (χ3n) is 1.00. The number of nitrogens with one attached hydrogen (secondary N) is 1. The molecular weight excluding hydrogens is 122 g/mol. The molecule has 0 saturated heterocycles. The quantitative estimate of drug-likeness (QED) is 0.586. The first-order valence-electron chi connectivity index (χ1n) is 3.53. The smallest absolute Gasteiger partial charge is 0.0266 e. The number of rotatable bonds is 4. The lowest BCUT2D eigenvalue weighted by atomic mass is 10.4. The van der Waals surface area contributed by atoms with Gasteiger partial charge in [0.05, 0.1) is 0 Å². The molecular formula is C9H15N. The van der Waals surface area contributed by atoms with Crippen LogP contribution in [-0.4, -0.2) is 6.54 Å². The van der Waals surface area contributed by atoms with Gasteiger partial charge in [-0.15, -0.1) is 0 Å². The highest BCUT2D eigenvalue weighted by molar-refractivity contribution is 5.16.